The van der Waals surface area contributed by atoms with Gasteiger partial charge < -0.3 is 10.2 Å². The number of likely N-dealkylation sites (tertiary alicyclic amines) is 1. The average molecular weight is 364 g/mol. The number of carbonyl (C=O) groups excluding carboxylic acids is 2. The van der Waals surface area contributed by atoms with Crippen LogP contribution in [0.15, 0.2) is 22.2 Å². The number of piperidine rings is 1. The van der Waals surface area contributed by atoms with E-state index in [0.29, 0.717) is 12.5 Å². The first kappa shape index (κ1) is 17.1. The van der Waals surface area contributed by atoms with Crippen LogP contribution < -0.4 is 5.32 Å². The van der Waals surface area contributed by atoms with E-state index in [1.54, 1.807) is 22.7 Å². The zero-order chi connectivity index (χ0) is 16.9. The number of nitrogens with one attached hydrogen (secondary N) is 1. The highest BCUT2D eigenvalue weighted by Crippen LogP contribution is 2.30. The van der Waals surface area contributed by atoms with E-state index >= 15 is 0 Å². The molecule has 2 aromatic rings. The minimum atomic E-state index is -0.0136. The van der Waals surface area contributed by atoms with Crippen LogP contribution in [0.2, 0.25) is 0 Å². The predicted molar refractivity (Wildman–Crippen MR) is 96.7 cm³/mol. The molecule has 1 aliphatic rings. The lowest BCUT2D eigenvalue weighted by Crippen LogP contribution is -2.38. The minimum Gasteiger partial charge on any atom is -0.356 e. The molecule has 1 saturated heterocycles. The van der Waals surface area contributed by atoms with Crippen LogP contribution in [0.5, 0.6) is 0 Å². The van der Waals surface area contributed by atoms with Crippen molar-refractivity contribution in [2.24, 2.45) is 0 Å². The van der Waals surface area contributed by atoms with Gasteiger partial charge in [0.25, 0.3) is 5.91 Å². The highest BCUT2D eigenvalue weighted by atomic mass is 32.1. The van der Waals surface area contributed by atoms with Gasteiger partial charge >= 0.3 is 0 Å². The molecule has 0 radical (unpaired) electrons. The normalized spacial score (nSPS) is 17.7. The molecule has 128 valence electrons. The van der Waals surface area contributed by atoms with E-state index in [0.717, 1.165) is 48.6 Å². The molecular weight excluding hydrogens is 342 g/mol. The van der Waals surface area contributed by atoms with E-state index < -0.39 is 0 Å². The van der Waals surface area contributed by atoms with Crippen LogP contribution in [0, 0.1) is 0 Å². The van der Waals surface area contributed by atoms with Gasteiger partial charge in [-0.3, -0.25) is 9.59 Å². The van der Waals surface area contributed by atoms with Crippen LogP contribution in [0.4, 0.5) is 0 Å². The molecular formula is C17H21N3O2S2. The van der Waals surface area contributed by atoms with Crippen molar-refractivity contribution in [2.45, 2.75) is 32.1 Å². The number of aromatic nitrogens is 1. The molecule has 3 heterocycles. The minimum absolute atomic E-state index is 0.0136. The Morgan fingerprint density at radius 3 is 3.04 bits per heavy atom. The van der Waals surface area contributed by atoms with Gasteiger partial charge in [0.1, 0.15) is 0 Å². The first-order chi connectivity index (χ1) is 11.6. The number of hydrogen-bond donors (Lipinski definition) is 1. The van der Waals surface area contributed by atoms with Crippen molar-refractivity contribution in [2.75, 3.05) is 19.6 Å². The second-order valence-electron chi connectivity index (χ2n) is 6.01. The smallest absolute Gasteiger partial charge is 0.254 e. The monoisotopic (exact) mass is 363 g/mol. The Morgan fingerprint density at radius 1 is 1.42 bits per heavy atom. The van der Waals surface area contributed by atoms with Gasteiger partial charge in [0.15, 0.2) is 0 Å². The lowest BCUT2D eigenvalue weighted by atomic mass is 9.98. The number of thiophene rings is 1. The Morgan fingerprint density at radius 2 is 2.29 bits per heavy atom. The first-order valence-electron chi connectivity index (χ1n) is 8.13. The molecule has 1 aliphatic heterocycles. The summed E-state index contributed by atoms with van der Waals surface area (Å²) >= 11 is 3.22. The highest BCUT2D eigenvalue weighted by molar-refractivity contribution is 7.09. The lowest BCUT2D eigenvalue weighted by Gasteiger charge is -2.31. The molecule has 2 aromatic heterocycles. The second-order valence-corrected chi connectivity index (χ2v) is 7.68. The van der Waals surface area contributed by atoms with E-state index in [4.69, 9.17) is 4.98 Å². The lowest BCUT2D eigenvalue weighted by molar-refractivity contribution is -0.118. The summed E-state index contributed by atoms with van der Waals surface area (Å²) < 4.78 is 0. The van der Waals surface area contributed by atoms with Crippen LogP contribution >= 0.6 is 22.7 Å². The van der Waals surface area contributed by atoms with Crippen LogP contribution in [0.3, 0.4) is 0 Å². The number of amides is 2. The zero-order valence-electron chi connectivity index (χ0n) is 13.7. The van der Waals surface area contributed by atoms with Crippen molar-refractivity contribution in [1.82, 2.24) is 15.2 Å². The standard InChI is InChI=1S/C17H21N3O2S2/c1-12(21)18-6-4-15-11-24-16(19-15)13-3-2-7-20(9-13)17(22)14-5-8-23-10-14/h5,8,10-11,13H,2-4,6-7,9H2,1H3,(H,18,21). The van der Waals surface area contributed by atoms with Crippen molar-refractivity contribution in [1.29, 1.82) is 0 Å². The summed E-state index contributed by atoms with van der Waals surface area (Å²) in [6.07, 6.45) is 2.84. The number of rotatable bonds is 5. The molecule has 0 aromatic carbocycles. The third kappa shape index (κ3) is 4.21. The fourth-order valence-corrected chi connectivity index (χ4v) is 4.54. The molecule has 7 heteroatoms. The molecule has 2 amide bonds. The Labute approximate surface area is 149 Å². The summed E-state index contributed by atoms with van der Waals surface area (Å²) in [5.74, 6) is 0.435. The maximum atomic E-state index is 12.5. The van der Waals surface area contributed by atoms with Crippen LogP contribution in [-0.4, -0.2) is 41.3 Å². The molecule has 5 nitrogen and oxygen atoms in total. The number of carbonyl (C=O) groups is 2. The molecule has 0 aliphatic carbocycles. The molecule has 1 unspecified atom stereocenters. The van der Waals surface area contributed by atoms with Crippen molar-refractivity contribution in [3.05, 3.63) is 38.5 Å². The van der Waals surface area contributed by atoms with E-state index in [1.165, 1.54) is 6.92 Å². The Hall–Kier alpha value is -1.73. The van der Waals surface area contributed by atoms with E-state index in [-0.39, 0.29) is 11.8 Å². The molecule has 1 fully saturated rings. The van der Waals surface area contributed by atoms with Gasteiger partial charge in [0.2, 0.25) is 5.91 Å². The number of thiazole rings is 1. The van der Waals surface area contributed by atoms with Gasteiger partial charge in [0.05, 0.1) is 16.3 Å². The average Bonchev–Trinajstić information content (AvgIpc) is 3.26. The van der Waals surface area contributed by atoms with Gasteiger partial charge in [0, 0.05) is 49.7 Å². The molecule has 24 heavy (non-hydrogen) atoms. The largest absolute Gasteiger partial charge is 0.356 e. The third-order valence-electron chi connectivity index (χ3n) is 4.15. The van der Waals surface area contributed by atoms with Crippen molar-refractivity contribution in [3.8, 4) is 0 Å². The van der Waals surface area contributed by atoms with Gasteiger partial charge in [-0.1, -0.05) is 0 Å². The highest BCUT2D eigenvalue weighted by Gasteiger charge is 2.27. The SMILES string of the molecule is CC(=O)NCCc1csc(C2CCCN(C(=O)c3ccsc3)C2)n1. The third-order valence-corrected chi connectivity index (χ3v) is 5.89. The molecule has 1 N–H and O–H groups in total. The van der Waals surface area contributed by atoms with Crippen molar-refractivity contribution >= 4 is 34.5 Å². The van der Waals surface area contributed by atoms with Crippen LogP contribution in [-0.2, 0) is 11.2 Å². The van der Waals surface area contributed by atoms with Crippen molar-refractivity contribution in [3.63, 3.8) is 0 Å². The van der Waals surface area contributed by atoms with Crippen molar-refractivity contribution < 1.29 is 9.59 Å². The summed E-state index contributed by atoms with van der Waals surface area (Å²) in [6, 6.07) is 1.89. The summed E-state index contributed by atoms with van der Waals surface area (Å²) in [7, 11) is 0. The quantitative estimate of drug-likeness (QED) is 0.888. The Balaban J connectivity index is 1.59. The van der Waals surface area contributed by atoms with Gasteiger partial charge in [-0.2, -0.15) is 11.3 Å². The molecule has 0 spiro atoms. The predicted octanol–water partition coefficient (Wildman–Crippen LogP) is 2.90. The number of nitrogens with zero attached hydrogens (tertiary/aromatic N) is 2. The molecule has 1 atom stereocenters. The van der Waals surface area contributed by atoms with Gasteiger partial charge in [-0.15, -0.1) is 11.3 Å². The van der Waals surface area contributed by atoms with E-state index in [2.05, 4.69) is 10.7 Å². The number of hydrogen-bond acceptors (Lipinski definition) is 5. The summed E-state index contributed by atoms with van der Waals surface area (Å²) in [5, 5.41) is 9.82. The van der Waals surface area contributed by atoms with E-state index in [9.17, 15) is 9.59 Å². The maximum Gasteiger partial charge on any atom is 0.254 e. The second kappa shape index (κ2) is 7.90. The summed E-state index contributed by atoms with van der Waals surface area (Å²) in [6.45, 7) is 3.71. The summed E-state index contributed by atoms with van der Waals surface area (Å²) in [5.41, 5.74) is 1.81. The summed E-state index contributed by atoms with van der Waals surface area (Å²) in [4.78, 5) is 30.1. The molecule has 0 bridgehead atoms. The Bertz CT molecular complexity index is 697. The zero-order valence-corrected chi connectivity index (χ0v) is 15.3. The topological polar surface area (TPSA) is 62.3 Å². The van der Waals surface area contributed by atoms with Gasteiger partial charge in [-0.05, 0) is 24.3 Å². The van der Waals surface area contributed by atoms with E-state index in [1.807, 2.05) is 21.7 Å². The fraction of sp³-hybridized carbons (Fsp3) is 0.471. The fourth-order valence-electron chi connectivity index (χ4n) is 2.92. The van der Waals surface area contributed by atoms with Crippen LogP contribution in [0.1, 0.15) is 46.7 Å². The van der Waals surface area contributed by atoms with Crippen LogP contribution in [0.25, 0.3) is 0 Å². The van der Waals surface area contributed by atoms with Gasteiger partial charge in [-0.25, -0.2) is 4.98 Å². The first-order valence-corrected chi connectivity index (χ1v) is 9.96. The molecule has 3 rings (SSSR count). The maximum absolute atomic E-state index is 12.5. The molecule has 0 saturated carbocycles. The Kier molecular flexibility index (Phi) is 5.63.